The van der Waals surface area contributed by atoms with E-state index in [0.717, 1.165) is 11.3 Å². The minimum atomic E-state index is -0.460. The zero-order valence-corrected chi connectivity index (χ0v) is 16.0. The molecule has 1 amide bonds. The topological polar surface area (TPSA) is 90.4 Å². The van der Waals surface area contributed by atoms with Crippen molar-refractivity contribution in [3.8, 4) is 22.9 Å². The van der Waals surface area contributed by atoms with Crippen LogP contribution in [-0.4, -0.2) is 16.0 Å². The molecule has 7 heteroatoms. The van der Waals surface area contributed by atoms with Crippen LogP contribution < -0.4 is 10.1 Å². The molecule has 2 heterocycles. The van der Waals surface area contributed by atoms with Crippen molar-refractivity contribution in [1.82, 2.24) is 15.5 Å². The van der Waals surface area contributed by atoms with Crippen LogP contribution in [0.3, 0.4) is 0 Å². The van der Waals surface area contributed by atoms with Gasteiger partial charge in [-0.15, -0.1) is 0 Å². The maximum Gasteiger partial charge on any atom is 0.287 e. The number of carbonyl (C=O) groups is 1. The highest BCUT2D eigenvalue weighted by Gasteiger charge is 2.19. The molecule has 4 rings (SSSR count). The van der Waals surface area contributed by atoms with Crippen LogP contribution in [0.4, 0.5) is 0 Å². The lowest BCUT2D eigenvalue weighted by Crippen LogP contribution is -2.26. The van der Waals surface area contributed by atoms with E-state index in [4.69, 9.17) is 13.7 Å². The van der Waals surface area contributed by atoms with Crippen LogP contribution >= 0.6 is 0 Å². The monoisotopic (exact) mass is 389 g/mol. The molecule has 2 aromatic carbocycles. The zero-order valence-electron chi connectivity index (χ0n) is 16.0. The summed E-state index contributed by atoms with van der Waals surface area (Å²) in [4.78, 5) is 16.4. The van der Waals surface area contributed by atoms with Crippen molar-refractivity contribution in [3.63, 3.8) is 0 Å². The largest absolute Gasteiger partial charge is 0.459 e. The van der Waals surface area contributed by atoms with Gasteiger partial charge in [0.05, 0.1) is 6.26 Å². The van der Waals surface area contributed by atoms with Crippen molar-refractivity contribution in [3.05, 3.63) is 84.1 Å². The number of carbonyl (C=O) groups excluding carboxylic acids is 1. The number of aromatic nitrogens is 2. The average Bonchev–Trinajstić information content (AvgIpc) is 3.43. The second-order valence-corrected chi connectivity index (χ2v) is 6.57. The molecule has 0 bridgehead atoms. The number of rotatable bonds is 6. The van der Waals surface area contributed by atoms with Crippen LogP contribution in [0.25, 0.3) is 11.4 Å². The number of aryl methyl sites for hydroxylation is 1. The van der Waals surface area contributed by atoms with Crippen LogP contribution in [0.2, 0.25) is 0 Å². The molecule has 0 aliphatic heterocycles. The molecule has 0 spiro atoms. The molecule has 1 unspecified atom stereocenters. The zero-order chi connectivity index (χ0) is 20.2. The first-order chi connectivity index (χ1) is 14.1. The number of furan rings is 1. The summed E-state index contributed by atoms with van der Waals surface area (Å²) in [6, 6.07) is 18.0. The molecule has 146 valence electrons. The van der Waals surface area contributed by atoms with Gasteiger partial charge in [0.15, 0.2) is 5.76 Å². The second kappa shape index (κ2) is 8.02. The molecular weight excluding hydrogens is 370 g/mol. The van der Waals surface area contributed by atoms with Gasteiger partial charge in [0.25, 0.3) is 5.91 Å². The summed E-state index contributed by atoms with van der Waals surface area (Å²) in [5, 5.41) is 6.75. The predicted octanol–water partition coefficient (Wildman–Crippen LogP) is 4.92. The summed E-state index contributed by atoms with van der Waals surface area (Å²) in [6.07, 6.45) is 1.44. The van der Waals surface area contributed by atoms with Crippen molar-refractivity contribution in [2.75, 3.05) is 0 Å². The Bertz CT molecular complexity index is 1080. The van der Waals surface area contributed by atoms with E-state index in [1.165, 1.54) is 11.8 Å². The Morgan fingerprint density at radius 1 is 1.03 bits per heavy atom. The molecule has 1 N–H and O–H groups in total. The summed E-state index contributed by atoms with van der Waals surface area (Å²) < 4.78 is 16.2. The van der Waals surface area contributed by atoms with Gasteiger partial charge in [-0.05, 0) is 62.4 Å². The average molecular weight is 389 g/mol. The van der Waals surface area contributed by atoms with Gasteiger partial charge in [-0.25, -0.2) is 0 Å². The molecule has 29 heavy (non-hydrogen) atoms. The van der Waals surface area contributed by atoms with Crippen LogP contribution in [0.1, 0.15) is 35.0 Å². The number of hydrogen-bond donors (Lipinski definition) is 1. The van der Waals surface area contributed by atoms with Gasteiger partial charge in [-0.3, -0.25) is 4.79 Å². The Morgan fingerprint density at radius 2 is 1.72 bits per heavy atom. The van der Waals surface area contributed by atoms with E-state index in [1.54, 1.807) is 19.1 Å². The van der Waals surface area contributed by atoms with Gasteiger partial charge < -0.3 is 19.0 Å². The molecule has 7 nitrogen and oxygen atoms in total. The van der Waals surface area contributed by atoms with Gasteiger partial charge in [0, 0.05) is 5.56 Å². The van der Waals surface area contributed by atoms with Crippen molar-refractivity contribution >= 4 is 5.91 Å². The van der Waals surface area contributed by atoms with E-state index in [1.807, 2.05) is 55.5 Å². The van der Waals surface area contributed by atoms with Gasteiger partial charge in [0.1, 0.15) is 17.5 Å². The number of benzene rings is 2. The van der Waals surface area contributed by atoms with Crippen LogP contribution in [-0.2, 0) is 0 Å². The number of nitrogens with zero attached hydrogens (tertiary/aromatic N) is 2. The van der Waals surface area contributed by atoms with Crippen LogP contribution in [0, 0.1) is 6.92 Å². The lowest BCUT2D eigenvalue weighted by Gasteiger charge is -2.07. The van der Waals surface area contributed by atoms with E-state index in [0.29, 0.717) is 17.5 Å². The van der Waals surface area contributed by atoms with E-state index in [9.17, 15) is 4.79 Å². The lowest BCUT2D eigenvalue weighted by atomic mass is 10.2. The molecule has 1 atom stereocenters. The van der Waals surface area contributed by atoms with Crippen molar-refractivity contribution < 1.29 is 18.5 Å². The molecule has 0 fully saturated rings. The molecule has 4 aromatic rings. The molecular formula is C22H19N3O4. The highest BCUT2D eigenvalue weighted by atomic mass is 16.5. The Hall–Kier alpha value is -3.87. The second-order valence-electron chi connectivity index (χ2n) is 6.57. The number of nitrogens with one attached hydrogen (secondary N) is 1. The standard InChI is InChI=1S/C22H19N3O4/c1-14-5-9-17(10-6-14)28-18-11-7-16(8-12-18)20-24-22(29-25-20)15(2)23-21(26)19-4-3-13-27-19/h3-13,15H,1-2H3,(H,23,26). The van der Waals surface area contributed by atoms with Crippen molar-refractivity contribution in [2.45, 2.75) is 19.9 Å². The quantitative estimate of drug-likeness (QED) is 0.503. The van der Waals surface area contributed by atoms with Gasteiger partial charge in [-0.1, -0.05) is 22.9 Å². The summed E-state index contributed by atoms with van der Waals surface area (Å²) in [7, 11) is 0. The summed E-state index contributed by atoms with van der Waals surface area (Å²) in [5.41, 5.74) is 1.95. The van der Waals surface area contributed by atoms with E-state index >= 15 is 0 Å². The SMILES string of the molecule is Cc1ccc(Oc2ccc(-c3noc(C(C)NC(=O)c4ccco4)n3)cc2)cc1. The normalized spacial score (nSPS) is 11.8. The summed E-state index contributed by atoms with van der Waals surface area (Å²) in [5.74, 6) is 2.09. The molecule has 2 aromatic heterocycles. The van der Waals surface area contributed by atoms with Crippen molar-refractivity contribution in [1.29, 1.82) is 0 Å². The number of hydrogen-bond acceptors (Lipinski definition) is 6. The highest BCUT2D eigenvalue weighted by Crippen LogP contribution is 2.25. The summed E-state index contributed by atoms with van der Waals surface area (Å²) in [6.45, 7) is 3.79. The maximum atomic E-state index is 12.1. The molecule has 0 aliphatic carbocycles. The molecule has 0 radical (unpaired) electrons. The maximum absolute atomic E-state index is 12.1. The highest BCUT2D eigenvalue weighted by molar-refractivity contribution is 5.91. The Balaban J connectivity index is 1.42. The molecule has 0 saturated heterocycles. The first-order valence-electron chi connectivity index (χ1n) is 9.11. The predicted molar refractivity (Wildman–Crippen MR) is 106 cm³/mol. The Labute approximate surface area is 167 Å². The fourth-order valence-electron chi connectivity index (χ4n) is 2.68. The van der Waals surface area contributed by atoms with Gasteiger partial charge >= 0.3 is 0 Å². The van der Waals surface area contributed by atoms with Crippen LogP contribution in [0.5, 0.6) is 11.5 Å². The molecule has 0 saturated carbocycles. The van der Waals surface area contributed by atoms with Gasteiger partial charge in [0.2, 0.25) is 11.7 Å². The Kier molecular flexibility index (Phi) is 5.11. The minimum Gasteiger partial charge on any atom is -0.459 e. The first kappa shape index (κ1) is 18.5. The number of amides is 1. The third kappa shape index (κ3) is 4.35. The van der Waals surface area contributed by atoms with Crippen molar-refractivity contribution in [2.24, 2.45) is 0 Å². The minimum absolute atomic E-state index is 0.223. The Morgan fingerprint density at radius 3 is 2.38 bits per heavy atom. The summed E-state index contributed by atoms with van der Waals surface area (Å²) >= 11 is 0. The van der Waals surface area contributed by atoms with E-state index in [-0.39, 0.29) is 11.7 Å². The van der Waals surface area contributed by atoms with Crippen LogP contribution in [0.15, 0.2) is 75.9 Å². The lowest BCUT2D eigenvalue weighted by molar-refractivity contribution is 0.0904. The fraction of sp³-hybridized carbons (Fsp3) is 0.136. The van der Waals surface area contributed by atoms with Gasteiger partial charge in [-0.2, -0.15) is 4.98 Å². The third-order valence-electron chi connectivity index (χ3n) is 4.27. The molecule has 0 aliphatic rings. The first-order valence-corrected chi connectivity index (χ1v) is 9.11. The smallest absolute Gasteiger partial charge is 0.287 e. The third-order valence-corrected chi connectivity index (χ3v) is 4.27. The fourth-order valence-corrected chi connectivity index (χ4v) is 2.68. The van der Waals surface area contributed by atoms with E-state index in [2.05, 4.69) is 15.5 Å². The number of ether oxygens (including phenoxy) is 1. The van der Waals surface area contributed by atoms with E-state index < -0.39 is 6.04 Å².